The molecule has 0 radical (unpaired) electrons. The first-order valence-electron chi connectivity index (χ1n) is 6.83. The first-order valence-corrected chi connectivity index (χ1v) is 6.83. The van der Waals surface area contributed by atoms with E-state index in [9.17, 15) is 5.11 Å². The van der Waals surface area contributed by atoms with Gasteiger partial charge in [-0.15, -0.1) is 0 Å². The van der Waals surface area contributed by atoms with Crippen LogP contribution in [0.25, 0.3) is 0 Å². The highest BCUT2D eigenvalue weighted by Gasteiger charge is 2.24. The van der Waals surface area contributed by atoms with Crippen molar-refractivity contribution < 1.29 is 5.11 Å². The Balaban J connectivity index is 2.29. The molecule has 3 atom stereocenters. The second-order valence-electron chi connectivity index (χ2n) is 5.60. The molecule has 1 aliphatic rings. The molecule has 0 spiro atoms. The molecular weight excluding hydrogens is 184 g/mol. The fourth-order valence-corrected chi connectivity index (χ4v) is 2.92. The second kappa shape index (κ2) is 6.52. The number of hydrogen-bond acceptors (Lipinski definition) is 1. The van der Waals surface area contributed by atoms with Crippen molar-refractivity contribution in [2.45, 2.75) is 71.8 Å². The molecule has 1 N–H and O–H groups in total. The molecule has 1 aliphatic carbocycles. The molecule has 1 saturated carbocycles. The zero-order valence-electron chi connectivity index (χ0n) is 10.7. The third kappa shape index (κ3) is 4.14. The highest BCUT2D eigenvalue weighted by atomic mass is 16.3. The highest BCUT2D eigenvalue weighted by molar-refractivity contribution is 4.76. The first-order chi connectivity index (χ1) is 7.15. The van der Waals surface area contributed by atoms with E-state index < -0.39 is 0 Å². The van der Waals surface area contributed by atoms with Crippen LogP contribution in [0.1, 0.15) is 65.7 Å². The second-order valence-corrected chi connectivity index (χ2v) is 5.60. The largest absolute Gasteiger partial charge is 0.393 e. The van der Waals surface area contributed by atoms with Gasteiger partial charge in [-0.3, -0.25) is 0 Å². The fourth-order valence-electron chi connectivity index (χ4n) is 2.92. The quantitative estimate of drug-likeness (QED) is 0.730. The molecule has 0 saturated heterocycles. The van der Waals surface area contributed by atoms with E-state index in [0.717, 1.165) is 18.3 Å². The molecule has 0 aliphatic heterocycles. The molecule has 0 aromatic rings. The summed E-state index contributed by atoms with van der Waals surface area (Å²) in [5.41, 5.74) is 0. The third-order valence-corrected chi connectivity index (χ3v) is 4.19. The summed E-state index contributed by atoms with van der Waals surface area (Å²) in [5, 5.41) is 9.82. The Labute approximate surface area is 95.3 Å². The molecular formula is C14H28O. The minimum absolute atomic E-state index is 0.0792. The van der Waals surface area contributed by atoms with Crippen molar-refractivity contribution in [1.29, 1.82) is 0 Å². The van der Waals surface area contributed by atoms with Crippen LogP contribution >= 0.6 is 0 Å². The Bertz CT molecular complexity index is 165. The van der Waals surface area contributed by atoms with Crippen molar-refractivity contribution in [3.8, 4) is 0 Å². The lowest BCUT2D eigenvalue weighted by Crippen LogP contribution is -2.22. The van der Waals surface area contributed by atoms with Crippen LogP contribution in [0.5, 0.6) is 0 Å². The van der Waals surface area contributed by atoms with Crippen molar-refractivity contribution in [2.24, 2.45) is 17.8 Å². The van der Waals surface area contributed by atoms with Gasteiger partial charge in [-0.2, -0.15) is 0 Å². The summed E-state index contributed by atoms with van der Waals surface area (Å²) in [4.78, 5) is 0. The number of rotatable bonds is 5. The average molecular weight is 212 g/mol. The van der Waals surface area contributed by atoms with Gasteiger partial charge in [0.05, 0.1) is 6.10 Å². The normalized spacial score (nSPS) is 29.4. The molecule has 15 heavy (non-hydrogen) atoms. The van der Waals surface area contributed by atoms with Crippen LogP contribution in [0, 0.1) is 17.8 Å². The lowest BCUT2D eigenvalue weighted by atomic mass is 9.75. The molecule has 0 bridgehead atoms. The van der Waals surface area contributed by atoms with E-state index in [0.29, 0.717) is 5.92 Å². The van der Waals surface area contributed by atoms with Gasteiger partial charge in [-0.05, 0) is 30.6 Å². The summed E-state index contributed by atoms with van der Waals surface area (Å²) >= 11 is 0. The SMILES string of the molecule is CCC1CCCCC1CCC(O)C(C)C. The predicted molar refractivity (Wildman–Crippen MR) is 65.8 cm³/mol. The van der Waals surface area contributed by atoms with E-state index in [1.165, 1.54) is 38.5 Å². The Morgan fingerprint density at radius 1 is 1.13 bits per heavy atom. The Kier molecular flexibility index (Phi) is 5.66. The molecule has 0 heterocycles. The van der Waals surface area contributed by atoms with E-state index in [2.05, 4.69) is 20.8 Å². The van der Waals surface area contributed by atoms with Crippen LogP contribution in [0.2, 0.25) is 0 Å². The summed E-state index contributed by atoms with van der Waals surface area (Å²) < 4.78 is 0. The standard InChI is InChI=1S/C14H28O/c1-4-12-7-5-6-8-13(12)9-10-14(15)11(2)3/h11-15H,4-10H2,1-3H3. The predicted octanol–water partition coefficient (Wildman–Crippen LogP) is 4.00. The smallest absolute Gasteiger partial charge is 0.0563 e. The van der Waals surface area contributed by atoms with E-state index in [1.807, 2.05) is 0 Å². The fraction of sp³-hybridized carbons (Fsp3) is 1.00. The first kappa shape index (κ1) is 13.0. The number of hydrogen-bond donors (Lipinski definition) is 1. The van der Waals surface area contributed by atoms with Crippen molar-refractivity contribution in [1.82, 2.24) is 0 Å². The van der Waals surface area contributed by atoms with Crippen LogP contribution in [0.4, 0.5) is 0 Å². The van der Waals surface area contributed by atoms with Gasteiger partial charge in [-0.25, -0.2) is 0 Å². The average Bonchev–Trinajstić information content (AvgIpc) is 2.26. The van der Waals surface area contributed by atoms with Crippen LogP contribution in [-0.4, -0.2) is 11.2 Å². The molecule has 0 aromatic carbocycles. The maximum Gasteiger partial charge on any atom is 0.0563 e. The number of aliphatic hydroxyl groups excluding tert-OH is 1. The molecule has 0 amide bonds. The molecule has 90 valence electrons. The van der Waals surface area contributed by atoms with Gasteiger partial charge in [0.1, 0.15) is 0 Å². The maximum atomic E-state index is 9.82. The summed E-state index contributed by atoms with van der Waals surface area (Å²) in [5.74, 6) is 2.27. The Morgan fingerprint density at radius 3 is 2.27 bits per heavy atom. The summed E-state index contributed by atoms with van der Waals surface area (Å²) in [7, 11) is 0. The minimum Gasteiger partial charge on any atom is -0.393 e. The lowest BCUT2D eigenvalue weighted by Gasteiger charge is -2.31. The minimum atomic E-state index is -0.0792. The monoisotopic (exact) mass is 212 g/mol. The van der Waals surface area contributed by atoms with Crippen molar-refractivity contribution in [3.05, 3.63) is 0 Å². The van der Waals surface area contributed by atoms with Gasteiger partial charge in [0.25, 0.3) is 0 Å². The lowest BCUT2D eigenvalue weighted by molar-refractivity contribution is 0.0963. The van der Waals surface area contributed by atoms with Crippen LogP contribution in [-0.2, 0) is 0 Å². The van der Waals surface area contributed by atoms with Crippen LogP contribution in [0.3, 0.4) is 0 Å². The summed E-state index contributed by atoms with van der Waals surface area (Å²) in [6.45, 7) is 6.55. The van der Waals surface area contributed by atoms with Crippen LogP contribution < -0.4 is 0 Å². The molecule has 1 rings (SSSR count). The van der Waals surface area contributed by atoms with E-state index in [4.69, 9.17) is 0 Å². The zero-order valence-corrected chi connectivity index (χ0v) is 10.7. The van der Waals surface area contributed by atoms with Gasteiger partial charge < -0.3 is 5.11 Å². The van der Waals surface area contributed by atoms with E-state index in [1.54, 1.807) is 0 Å². The van der Waals surface area contributed by atoms with Crippen molar-refractivity contribution in [2.75, 3.05) is 0 Å². The summed E-state index contributed by atoms with van der Waals surface area (Å²) in [6.07, 6.45) is 9.20. The van der Waals surface area contributed by atoms with Gasteiger partial charge >= 0.3 is 0 Å². The number of aliphatic hydroxyl groups is 1. The third-order valence-electron chi connectivity index (χ3n) is 4.19. The molecule has 1 nitrogen and oxygen atoms in total. The van der Waals surface area contributed by atoms with Crippen LogP contribution in [0.15, 0.2) is 0 Å². The highest BCUT2D eigenvalue weighted by Crippen LogP contribution is 2.35. The maximum absolute atomic E-state index is 9.82. The molecule has 3 unspecified atom stereocenters. The van der Waals surface area contributed by atoms with Gasteiger partial charge in [-0.1, -0.05) is 52.9 Å². The van der Waals surface area contributed by atoms with E-state index >= 15 is 0 Å². The van der Waals surface area contributed by atoms with Crippen molar-refractivity contribution in [3.63, 3.8) is 0 Å². The Hall–Kier alpha value is -0.0400. The molecule has 0 aromatic heterocycles. The summed E-state index contributed by atoms with van der Waals surface area (Å²) in [6, 6.07) is 0. The topological polar surface area (TPSA) is 20.2 Å². The van der Waals surface area contributed by atoms with Crippen molar-refractivity contribution >= 4 is 0 Å². The van der Waals surface area contributed by atoms with E-state index in [-0.39, 0.29) is 6.10 Å². The van der Waals surface area contributed by atoms with Gasteiger partial charge in [0.2, 0.25) is 0 Å². The zero-order chi connectivity index (χ0) is 11.3. The van der Waals surface area contributed by atoms with Gasteiger partial charge in [0.15, 0.2) is 0 Å². The molecule has 1 fully saturated rings. The van der Waals surface area contributed by atoms with Gasteiger partial charge in [0, 0.05) is 0 Å². The Morgan fingerprint density at radius 2 is 1.73 bits per heavy atom. The molecule has 1 heteroatoms.